The first kappa shape index (κ1) is 12.8. The molecule has 0 amide bonds. The SMILES string of the molecule is CCc1ccc(-n2cc(C(N)C(C)C)nn2)cc1. The van der Waals surface area contributed by atoms with Crippen LogP contribution < -0.4 is 5.73 Å². The molecule has 0 bridgehead atoms. The van der Waals surface area contributed by atoms with Gasteiger partial charge in [-0.25, -0.2) is 4.68 Å². The highest BCUT2D eigenvalue weighted by molar-refractivity contribution is 5.34. The van der Waals surface area contributed by atoms with Crippen LogP contribution in [-0.4, -0.2) is 15.0 Å². The number of aromatic nitrogens is 3. The first-order valence-corrected chi connectivity index (χ1v) is 6.39. The standard InChI is InChI=1S/C14H20N4/c1-4-11-5-7-12(8-6-11)18-9-13(16-17-18)14(15)10(2)3/h5-10,14H,4,15H2,1-3H3. The second kappa shape index (κ2) is 5.31. The molecule has 0 spiro atoms. The molecule has 0 radical (unpaired) electrons. The maximum atomic E-state index is 6.06. The van der Waals surface area contributed by atoms with E-state index in [4.69, 9.17) is 5.73 Å². The molecular formula is C14H20N4. The normalized spacial score (nSPS) is 12.9. The van der Waals surface area contributed by atoms with Crippen molar-refractivity contribution < 1.29 is 0 Å². The van der Waals surface area contributed by atoms with E-state index in [1.165, 1.54) is 5.56 Å². The molecule has 1 atom stereocenters. The third kappa shape index (κ3) is 2.59. The number of hydrogen-bond acceptors (Lipinski definition) is 3. The minimum Gasteiger partial charge on any atom is -0.322 e. The molecule has 1 unspecified atom stereocenters. The molecule has 2 aromatic rings. The average molecular weight is 244 g/mol. The summed E-state index contributed by atoms with van der Waals surface area (Å²) in [5.41, 5.74) is 9.23. The third-order valence-corrected chi connectivity index (χ3v) is 3.18. The molecule has 0 aliphatic heterocycles. The molecular weight excluding hydrogens is 224 g/mol. The Morgan fingerprint density at radius 3 is 2.44 bits per heavy atom. The topological polar surface area (TPSA) is 56.7 Å². The largest absolute Gasteiger partial charge is 0.322 e. The van der Waals surface area contributed by atoms with Gasteiger partial charge in [-0.05, 0) is 30.0 Å². The predicted molar refractivity (Wildman–Crippen MR) is 72.5 cm³/mol. The van der Waals surface area contributed by atoms with Crippen molar-refractivity contribution >= 4 is 0 Å². The zero-order chi connectivity index (χ0) is 13.1. The number of nitrogens with two attached hydrogens (primary N) is 1. The molecule has 4 nitrogen and oxygen atoms in total. The van der Waals surface area contributed by atoms with Gasteiger partial charge in [0.15, 0.2) is 0 Å². The van der Waals surface area contributed by atoms with Crippen LogP contribution in [0.5, 0.6) is 0 Å². The molecule has 4 heteroatoms. The fourth-order valence-electron chi connectivity index (χ4n) is 1.78. The van der Waals surface area contributed by atoms with Crippen molar-refractivity contribution in [1.29, 1.82) is 0 Å². The Kier molecular flexibility index (Phi) is 3.77. The van der Waals surface area contributed by atoms with Gasteiger partial charge in [0.25, 0.3) is 0 Å². The van der Waals surface area contributed by atoms with Gasteiger partial charge in [0.1, 0.15) is 5.69 Å². The monoisotopic (exact) mass is 244 g/mol. The lowest BCUT2D eigenvalue weighted by Gasteiger charge is -2.11. The molecule has 2 N–H and O–H groups in total. The Morgan fingerprint density at radius 1 is 1.22 bits per heavy atom. The van der Waals surface area contributed by atoms with E-state index in [9.17, 15) is 0 Å². The van der Waals surface area contributed by atoms with E-state index >= 15 is 0 Å². The number of rotatable bonds is 4. The van der Waals surface area contributed by atoms with Crippen LogP contribution in [0.15, 0.2) is 30.5 Å². The van der Waals surface area contributed by atoms with E-state index in [1.807, 2.05) is 6.20 Å². The first-order chi connectivity index (χ1) is 8.61. The van der Waals surface area contributed by atoms with Crippen LogP contribution in [0.4, 0.5) is 0 Å². The van der Waals surface area contributed by atoms with Crippen molar-refractivity contribution in [1.82, 2.24) is 15.0 Å². The van der Waals surface area contributed by atoms with E-state index in [1.54, 1.807) is 4.68 Å². The van der Waals surface area contributed by atoms with E-state index in [0.717, 1.165) is 17.8 Å². The van der Waals surface area contributed by atoms with Gasteiger partial charge in [-0.1, -0.05) is 38.1 Å². The average Bonchev–Trinajstić information content (AvgIpc) is 2.87. The Balaban J connectivity index is 2.23. The highest BCUT2D eigenvalue weighted by Crippen LogP contribution is 2.17. The van der Waals surface area contributed by atoms with E-state index in [-0.39, 0.29) is 6.04 Å². The van der Waals surface area contributed by atoms with Gasteiger partial charge in [-0.3, -0.25) is 0 Å². The van der Waals surface area contributed by atoms with Crippen molar-refractivity contribution in [2.45, 2.75) is 33.2 Å². The number of benzene rings is 1. The van der Waals surface area contributed by atoms with Gasteiger partial charge in [-0.15, -0.1) is 5.10 Å². The molecule has 0 aliphatic rings. The van der Waals surface area contributed by atoms with Gasteiger partial charge in [0.2, 0.25) is 0 Å². The Morgan fingerprint density at radius 2 is 1.89 bits per heavy atom. The van der Waals surface area contributed by atoms with E-state index in [0.29, 0.717) is 5.92 Å². The summed E-state index contributed by atoms with van der Waals surface area (Å²) in [6, 6.07) is 8.27. The molecule has 0 saturated heterocycles. The molecule has 96 valence electrons. The lowest BCUT2D eigenvalue weighted by molar-refractivity contribution is 0.502. The fourth-order valence-corrected chi connectivity index (χ4v) is 1.78. The lowest BCUT2D eigenvalue weighted by atomic mass is 10.0. The quantitative estimate of drug-likeness (QED) is 0.899. The number of hydrogen-bond donors (Lipinski definition) is 1. The highest BCUT2D eigenvalue weighted by Gasteiger charge is 2.14. The van der Waals surface area contributed by atoms with Gasteiger partial charge in [-0.2, -0.15) is 0 Å². The molecule has 2 rings (SSSR count). The van der Waals surface area contributed by atoms with Crippen molar-refractivity contribution in [3.05, 3.63) is 41.7 Å². The fraction of sp³-hybridized carbons (Fsp3) is 0.429. The maximum absolute atomic E-state index is 6.06. The van der Waals surface area contributed by atoms with Crippen molar-refractivity contribution in [2.75, 3.05) is 0 Å². The minimum absolute atomic E-state index is 0.0614. The molecule has 1 aromatic carbocycles. The first-order valence-electron chi connectivity index (χ1n) is 6.39. The van der Waals surface area contributed by atoms with Gasteiger partial charge in [0.05, 0.1) is 17.9 Å². The third-order valence-electron chi connectivity index (χ3n) is 3.18. The van der Waals surface area contributed by atoms with Crippen LogP contribution in [0.2, 0.25) is 0 Å². The summed E-state index contributed by atoms with van der Waals surface area (Å²) in [7, 11) is 0. The van der Waals surface area contributed by atoms with Crippen LogP contribution in [0.3, 0.4) is 0 Å². The zero-order valence-corrected chi connectivity index (χ0v) is 11.2. The smallest absolute Gasteiger partial charge is 0.100 e. The van der Waals surface area contributed by atoms with Crippen LogP contribution in [-0.2, 0) is 6.42 Å². The molecule has 18 heavy (non-hydrogen) atoms. The van der Waals surface area contributed by atoms with Gasteiger partial charge in [0, 0.05) is 0 Å². The van der Waals surface area contributed by atoms with Crippen LogP contribution in [0, 0.1) is 5.92 Å². The summed E-state index contributed by atoms with van der Waals surface area (Å²) in [6.45, 7) is 6.31. The Bertz CT molecular complexity index is 499. The van der Waals surface area contributed by atoms with E-state index < -0.39 is 0 Å². The summed E-state index contributed by atoms with van der Waals surface area (Å²) in [5, 5.41) is 8.28. The zero-order valence-electron chi connectivity index (χ0n) is 11.2. The number of nitrogens with zero attached hydrogens (tertiary/aromatic N) is 3. The van der Waals surface area contributed by atoms with Gasteiger partial charge < -0.3 is 5.73 Å². The second-order valence-corrected chi connectivity index (χ2v) is 4.88. The summed E-state index contributed by atoms with van der Waals surface area (Å²) in [4.78, 5) is 0. The van der Waals surface area contributed by atoms with Crippen LogP contribution in [0.1, 0.15) is 38.1 Å². The molecule has 1 aromatic heterocycles. The summed E-state index contributed by atoms with van der Waals surface area (Å²) in [5.74, 6) is 0.359. The molecule has 0 saturated carbocycles. The van der Waals surface area contributed by atoms with Crippen molar-refractivity contribution in [2.24, 2.45) is 11.7 Å². The predicted octanol–water partition coefficient (Wildman–Crippen LogP) is 2.49. The maximum Gasteiger partial charge on any atom is 0.100 e. The summed E-state index contributed by atoms with van der Waals surface area (Å²) >= 11 is 0. The molecule has 0 fully saturated rings. The van der Waals surface area contributed by atoms with Crippen molar-refractivity contribution in [3.8, 4) is 5.69 Å². The Hall–Kier alpha value is -1.68. The number of aryl methyl sites for hydroxylation is 1. The summed E-state index contributed by atoms with van der Waals surface area (Å²) in [6.07, 6.45) is 2.95. The van der Waals surface area contributed by atoms with Crippen LogP contribution >= 0.6 is 0 Å². The van der Waals surface area contributed by atoms with Crippen molar-refractivity contribution in [3.63, 3.8) is 0 Å². The highest BCUT2D eigenvalue weighted by atomic mass is 15.4. The second-order valence-electron chi connectivity index (χ2n) is 4.88. The molecule has 1 heterocycles. The van der Waals surface area contributed by atoms with Crippen LogP contribution in [0.25, 0.3) is 5.69 Å². The molecule has 0 aliphatic carbocycles. The Labute approximate surface area is 108 Å². The van der Waals surface area contributed by atoms with Gasteiger partial charge >= 0.3 is 0 Å². The lowest BCUT2D eigenvalue weighted by Crippen LogP contribution is -2.17. The summed E-state index contributed by atoms with van der Waals surface area (Å²) < 4.78 is 1.77. The van der Waals surface area contributed by atoms with E-state index in [2.05, 4.69) is 55.3 Å². The minimum atomic E-state index is -0.0614.